The van der Waals surface area contributed by atoms with Gasteiger partial charge >= 0.3 is 0 Å². The van der Waals surface area contributed by atoms with Gasteiger partial charge in [-0.3, -0.25) is 4.79 Å². The average Bonchev–Trinajstić information content (AvgIpc) is 2.50. The minimum Gasteiger partial charge on any atom is -0.385 e. The van der Waals surface area contributed by atoms with Gasteiger partial charge in [0.15, 0.2) is 0 Å². The van der Waals surface area contributed by atoms with Gasteiger partial charge < -0.3 is 15.4 Å². The predicted molar refractivity (Wildman–Crippen MR) is 85.7 cm³/mol. The van der Waals surface area contributed by atoms with E-state index in [0.717, 1.165) is 23.5 Å². The highest BCUT2D eigenvalue weighted by Gasteiger charge is 2.12. The van der Waals surface area contributed by atoms with E-state index >= 15 is 0 Å². The number of benzene rings is 2. The van der Waals surface area contributed by atoms with Gasteiger partial charge in [-0.25, -0.2) is 0 Å². The summed E-state index contributed by atoms with van der Waals surface area (Å²) >= 11 is 0. The van der Waals surface area contributed by atoms with Crippen LogP contribution in [0.5, 0.6) is 0 Å². The molecule has 0 bridgehead atoms. The zero-order chi connectivity index (χ0) is 15.1. The molecule has 0 heterocycles. The number of hydrogen-bond acceptors (Lipinski definition) is 3. The lowest BCUT2D eigenvalue weighted by atomic mass is 10.1. The monoisotopic (exact) mass is 284 g/mol. The largest absolute Gasteiger partial charge is 0.385 e. The van der Waals surface area contributed by atoms with Crippen molar-refractivity contribution < 1.29 is 9.53 Å². The molecule has 0 spiro atoms. The molecule has 0 saturated heterocycles. The van der Waals surface area contributed by atoms with Crippen molar-refractivity contribution in [3.05, 3.63) is 59.7 Å². The summed E-state index contributed by atoms with van der Waals surface area (Å²) in [4.78, 5) is 12.5. The molecule has 110 valence electrons. The molecule has 2 N–H and O–H groups in total. The molecular formula is C17H20N2O2. The molecule has 21 heavy (non-hydrogen) atoms. The van der Waals surface area contributed by atoms with Crippen LogP contribution in [0.25, 0.3) is 0 Å². The van der Waals surface area contributed by atoms with E-state index in [-0.39, 0.29) is 5.91 Å². The number of amides is 1. The second-order valence-corrected chi connectivity index (χ2v) is 4.62. The molecule has 0 radical (unpaired) electrons. The predicted octanol–water partition coefficient (Wildman–Crippen LogP) is 3.52. The van der Waals surface area contributed by atoms with Crippen molar-refractivity contribution >= 4 is 17.3 Å². The Hall–Kier alpha value is -2.33. The third-order valence-corrected chi connectivity index (χ3v) is 3.10. The van der Waals surface area contributed by atoms with E-state index in [4.69, 9.17) is 4.74 Å². The van der Waals surface area contributed by atoms with Crippen LogP contribution >= 0.6 is 0 Å². The molecule has 2 aromatic rings. The molecule has 1 amide bonds. The Bertz CT molecular complexity index is 611. The fourth-order valence-corrected chi connectivity index (χ4v) is 2.14. The summed E-state index contributed by atoms with van der Waals surface area (Å²) in [5.41, 5.74) is 3.19. The third kappa shape index (κ3) is 3.83. The molecule has 0 atom stereocenters. The fraction of sp³-hybridized carbons (Fsp3) is 0.235. The zero-order valence-corrected chi connectivity index (χ0v) is 12.3. The van der Waals surface area contributed by atoms with Gasteiger partial charge in [0, 0.05) is 30.6 Å². The maximum Gasteiger partial charge on any atom is 0.257 e. The van der Waals surface area contributed by atoms with Crippen molar-refractivity contribution in [3.8, 4) is 0 Å². The Labute approximate surface area is 125 Å². The zero-order valence-electron chi connectivity index (χ0n) is 12.3. The highest BCUT2D eigenvalue weighted by molar-refractivity contribution is 6.08. The second kappa shape index (κ2) is 7.45. The number of ether oxygens (including phenoxy) is 1. The Morgan fingerprint density at radius 3 is 2.43 bits per heavy atom. The van der Waals surface area contributed by atoms with Gasteiger partial charge in [0.1, 0.15) is 0 Å². The summed E-state index contributed by atoms with van der Waals surface area (Å²) in [6, 6.07) is 15.1. The van der Waals surface area contributed by atoms with E-state index in [0.29, 0.717) is 12.2 Å². The molecule has 4 heteroatoms. The van der Waals surface area contributed by atoms with Crippen molar-refractivity contribution in [1.82, 2.24) is 0 Å². The van der Waals surface area contributed by atoms with Crippen LogP contribution in [0.15, 0.2) is 48.5 Å². The molecule has 4 nitrogen and oxygen atoms in total. The Balaban J connectivity index is 2.22. The summed E-state index contributed by atoms with van der Waals surface area (Å²) in [6.45, 7) is 3.23. The van der Waals surface area contributed by atoms with Crippen molar-refractivity contribution in [2.24, 2.45) is 0 Å². The molecule has 2 rings (SSSR count). The number of rotatable bonds is 6. The van der Waals surface area contributed by atoms with Crippen LogP contribution in [0.3, 0.4) is 0 Å². The lowest BCUT2D eigenvalue weighted by molar-refractivity contribution is 0.102. The average molecular weight is 284 g/mol. The molecule has 0 saturated carbocycles. The van der Waals surface area contributed by atoms with Crippen molar-refractivity contribution in [1.29, 1.82) is 0 Å². The maximum atomic E-state index is 12.5. The van der Waals surface area contributed by atoms with E-state index in [2.05, 4.69) is 10.6 Å². The molecule has 0 aromatic heterocycles. The number of para-hydroxylation sites is 2. The van der Waals surface area contributed by atoms with Crippen LogP contribution in [0.4, 0.5) is 11.4 Å². The van der Waals surface area contributed by atoms with Gasteiger partial charge in [-0.1, -0.05) is 30.3 Å². The summed E-state index contributed by atoms with van der Waals surface area (Å²) in [7, 11) is 1.64. The SMILES string of the molecule is CCNc1ccccc1C(=O)Nc1ccccc1COC. The first-order valence-electron chi connectivity index (χ1n) is 6.97. The van der Waals surface area contributed by atoms with Gasteiger partial charge in [-0.15, -0.1) is 0 Å². The smallest absolute Gasteiger partial charge is 0.257 e. The number of hydrogen-bond donors (Lipinski definition) is 2. The van der Waals surface area contributed by atoms with E-state index < -0.39 is 0 Å². The topological polar surface area (TPSA) is 50.4 Å². The van der Waals surface area contributed by atoms with Crippen LogP contribution in [0.2, 0.25) is 0 Å². The number of anilines is 2. The molecule has 0 aliphatic carbocycles. The van der Waals surface area contributed by atoms with Crippen molar-refractivity contribution in [2.75, 3.05) is 24.3 Å². The maximum absolute atomic E-state index is 12.5. The van der Waals surface area contributed by atoms with Gasteiger partial charge in [-0.05, 0) is 25.1 Å². The van der Waals surface area contributed by atoms with E-state index in [1.165, 1.54) is 0 Å². The van der Waals surface area contributed by atoms with E-state index in [1.807, 2.05) is 55.5 Å². The number of nitrogens with one attached hydrogen (secondary N) is 2. The summed E-state index contributed by atoms with van der Waals surface area (Å²) in [5, 5.41) is 6.15. The Morgan fingerprint density at radius 1 is 1.05 bits per heavy atom. The first-order valence-corrected chi connectivity index (χ1v) is 6.97. The lowest BCUT2D eigenvalue weighted by Crippen LogP contribution is -2.15. The minimum atomic E-state index is -0.130. The molecule has 0 aliphatic heterocycles. The standard InChI is InChI=1S/C17H20N2O2/c1-3-18-16-11-7-5-9-14(16)17(20)19-15-10-6-4-8-13(15)12-21-2/h4-11,18H,3,12H2,1-2H3,(H,19,20). The van der Waals surface area contributed by atoms with Gasteiger partial charge in [-0.2, -0.15) is 0 Å². The lowest BCUT2D eigenvalue weighted by Gasteiger charge is -2.13. The molecular weight excluding hydrogens is 264 g/mol. The van der Waals surface area contributed by atoms with Crippen LogP contribution in [0, 0.1) is 0 Å². The molecule has 0 unspecified atom stereocenters. The quantitative estimate of drug-likeness (QED) is 0.853. The first kappa shape index (κ1) is 15.1. The normalized spacial score (nSPS) is 10.2. The van der Waals surface area contributed by atoms with Gasteiger partial charge in [0.25, 0.3) is 5.91 Å². The van der Waals surface area contributed by atoms with E-state index in [1.54, 1.807) is 7.11 Å². The van der Waals surface area contributed by atoms with Crippen LogP contribution < -0.4 is 10.6 Å². The highest BCUT2D eigenvalue weighted by Crippen LogP contribution is 2.20. The first-order chi connectivity index (χ1) is 10.3. The highest BCUT2D eigenvalue weighted by atomic mass is 16.5. The van der Waals surface area contributed by atoms with E-state index in [9.17, 15) is 4.79 Å². The molecule has 2 aromatic carbocycles. The molecule has 0 fully saturated rings. The van der Waals surface area contributed by atoms with Crippen molar-refractivity contribution in [2.45, 2.75) is 13.5 Å². The Morgan fingerprint density at radius 2 is 1.71 bits per heavy atom. The summed E-state index contributed by atoms with van der Waals surface area (Å²) < 4.78 is 5.15. The fourth-order valence-electron chi connectivity index (χ4n) is 2.14. The van der Waals surface area contributed by atoms with Crippen LogP contribution in [-0.4, -0.2) is 19.6 Å². The number of carbonyl (C=O) groups excluding carboxylic acids is 1. The number of methoxy groups -OCH3 is 1. The summed E-state index contributed by atoms with van der Waals surface area (Å²) in [6.07, 6.45) is 0. The third-order valence-electron chi connectivity index (χ3n) is 3.10. The molecule has 0 aliphatic rings. The van der Waals surface area contributed by atoms with Gasteiger partial charge in [0.05, 0.1) is 12.2 Å². The van der Waals surface area contributed by atoms with Gasteiger partial charge in [0.2, 0.25) is 0 Å². The van der Waals surface area contributed by atoms with Crippen LogP contribution in [0.1, 0.15) is 22.8 Å². The Kier molecular flexibility index (Phi) is 5.35. The van der Waals surface area contributed by atoms with Crippen LogP contribution in [-0.2, 0) is 11.3 Å². The second-order valence-electron chi connectivity index (χ2n) is 4.62. The number of carbonyl (C=O) groups is 1. The summed E-state index contributed by atoms with van der Waals surface area (Å²) in [5.74, 6) is -0.130. The van der Waals surface area contributed by atoms with Crippen molar-refractivity contribution in [3.63, 3.8) is 0 Å². The minimum absolute atomic E-state index is 0.130.